The standard InChI is InChI=1S/C23H29F3N2O/c1-15-20-12-16-5-6-18(23(24,25)26)11-17(16)14-28(20)21(29)22(15)8-7-19(13-22)27-9-3-2-4-10-27/h5-6,11,15,19-20H,2-4,7-10,12-14H2,1H3. The molecule has 5 rings (SSSR count). The van der Waals surface area contributed by atoms with Crippen molar-refractivity contribution >= 4 is 5.91 Å². The van der Waals surface area contributed by atoms with Crippen molar-refractivity contribution in [2.45, 2.75) is 76.7 Å². The molecule has 3 heterocycles. The maximum Gasteiger partial charge on any atom is 0.416 e. The molecule has 4 atom stereocenters. The van der Waals surface area contributed by atoms with Crippen molar-refractivity contribution in [3.05, 3.63) is 34.9 Å². The second-order valence-electron chi connectivity index (χ2n) is 9.62. The summed E-state index contributed by atoms with van der Waals surface area (Å²) in [5, 5.41) is 0. The molecule has 29 heavy (non-hydrogen) atoms. The van der Waals surface area contributed by atoms with E-state index in [1.54, 1.807) is 6.07 Å². The minimum absolute atomic E-state index is 0.117. The van der Waals surface area contributed by atoms with E-state index >= 15 is 0 Å². The molecule has 1 saturated carbocycles. The van der Waals surface area contributed by atoms with E-state index in [1.165, 1.54) is 31.4 Å². The predicted molar refractivity (Wildman–Crippen MR) is 104 cm³/mol. The van der Waals surface area contributed by atoms with Crippen molar-refractivity contribution in [2.75, 3.05) is 13.1 Å². The third kappa shape index (κ3) is 3.01. The molecule has 158 valence electrons. The first-order valence-corrected chi connectivity index (χ1v) is 11.0. The summed E-state index contributed by atoms with van der Waals surface area (Å²) in [4.78, 5) is 18.1. The Morgan fingerprint density at radius 2 is 1.86 bits per heavy atom. The van der Waals surface area contributed by atoms with E-state index in [9.17, 15) is 18.0 Å². The van der Waals surface area contributed by atoms with Crippen molar-refractivity contribution in [3.63, 3.8) is 0 Å². The van der Waals surface area contributed by atoms with Gasteiger partial charge < -0.3 is 9.80 Å². The number of carbonyl (C=O) groups is 1. The van der Waals surface area contributed by atoms with Crippen molar-refractivity contribution < 1.29 is 18.0 Å². The summed E-state index contributed by atoms with van der Waals surface area (Å²) in [6.45, 7) is 4.81. The molecule has 2 saturated heterocycles. The number of carbonyl (C=O) groups excluding carboxylic acids is 1. The highest BCUT2D eigenvalue weighted by molar-refractivity contribution is 5.87. The van der Waals surface area contributed by atoms with Gasteiger partial charge in [0.05, 0.1) is 11.0 Å². The summed E-state index contributed by atoms with van der Waals surface area (Å²) in [5.74, 6) is 0.442. The van der Waals surface area contributed by atoms with Gasteiger partial charge >= 0.3 is 6.18 Å². The van der Waals surface area contributed by atoms with Crippen LogP contribution >= 0.6 is 0 Å². The zero-order chi connectivity index (χ0) is 20.4. The molecule has 0 aromatic heterocycles. The van der Waals surface area contributed by atoms with E-state index < -0.39 is 11.7 Å². The number of piperidine rings is 1. The number of likely N-dealkylation sites (tertiary alicyclic amines) is 1. The van der Waals surface area contributed by atoms with Crippen LogP contribution in [0.3, 0.4) is 0 Å². The lowest BCUT2D eigenvalue weighted by molar-refractivity contribution is -0.138. The predicted octanol–water partition coefficient (Wildman–Crippen LogP) is 4.63. The monoisotopic (exact) mass is 406 g/mol. The number of alkyl halides is 3. The van der Waals surface area contributed by atoms with Crippen LogP contribution in [0.4, 0.5) is 13.2 Å². The molecule has 6 heteroatoms. The van der Waals surface area contributed by atoms with Crippen LogP contribution < -0.4 is 0 Å². The van der Waals surface area contributed by atoms with Gasteiger partial charge in [0.1, 0.15) is 0 Å². The largest absolute Gasteiger partial charge is 0.416 e. The molecule has 1 amide bonds. The molecule has 3 aliphatic heterocycles. The molecular weight excluding hydrogens is 377 g/mol. The number of fused-ring (bicyclic) bond motifs is 2. The Labute approximate surface area is 170 Å². The van der Waals surface area contributed by atoms with Gasteiger partial charge in [0.25, 0.3) is 0 Å². The number of nitrogens with zero attached hydrogens (tertiary/aromatic N) is 2. The van der Waals surface area contributed by atoms with Crippen LogP contribution in [0.25, 0.3) is 0 Å². The molecule has 0 bridgehead atoms. The molecule has 1 aromatic rings. The number of benzene rings is 1. The smallest absolute Gasteiger partial charge is 0.334 e. The van der Waals surface area contributed by atoms with Crippen molar-refractivity contribution in [1.82, 2.24) is 9.80 Å². The molecule has 3 fully saturated rings. The Balaban J connectivity index is 1.39. The van der Waals surface area contributed by atoms with Gasteiger partial charge in [0.15, 0.2) is 0 Å². The first-order valence-electron chi connectivity index (χ1n) is 11.0. The summed E-state index contributed by atoms with van der Waals surface area (Å²) in [6.07, 6.45) is 3.05. The van der Waals surface area contributed by atoms with Gasteiger partial charge in [-0.1, -0.05) is 19.4 Å². The van der Waals surface area contributed by atoms with Crippen molar-refractivity contribution in [2.24, 2.45) is 11.3 Å². The summed E-state index contributed by atoms with van der Waals surface area (Å²) in [7, 11) is 0. The molecule has 4 aliphatic rings. The molecule has 3 nitrogen and oxygen atoms in total. The number of rotatable bonds is 1. The van der Waals surface area contributed by atoms with Gasteiger partial charge in [0, 0.05) is 18.6 Å². The Kier molecular flexibility index (Phi) is 4.50. The zero-order valence-corrected chi connectivity index (χ0v) is 17.0. The fourth-order valence-electron chi connectivity index (χ4n) is 6.55. The van der Waals surface area contributed by atoms with Crippen molar-refractivity contribution in [1.29, 1.82) is 0 Å². The Hall–Kier alpha value is -1.56. The molecule has 1 aromatic carbocycles. The van der Waals surface area contributed by atoms with Crippen molar-refractivity contribution in [3.8, 4) is 0 Å². The summed E-state index contributed by atoms with van der Waals surface area (Å²) >= 11 is 0. The van der Waals surface area contributed by atoms with Crippen LogP contribution in [0.1, 0.15) is 62.1 Å². The van der Waals surface area contributed by atoms with Gasteiger partial charge in [-0.15, -0.1) is 0 Å². The number of halogens is 3. The average Bonchev–Trinajstić information content (AvgIpc) is 3.24. The van der Waals surface area contributed by atoms with Crippen LogP contribution in [0, 0.1) is 11.3 Å². The van der Waals surface area contributed by atoms with Gasteiger partial charge in [0.2, 0.25) is 5.91 Å². The lowest BCUT2D eigenvalue weighted by Crippen LogP contribution is -2.41. The lowest BCUT2D eigenvalue weighted by atomic mass is 9.73. The SMILES string of the molecule is CC1C2Cc3ccc(C(F)(F)F)cc3CN2C(=O)C12CCC(N1CCCCC1)C2. The van der Waals surface area contributed by atoms with E-state index in [2.05, 4.69) is 11.8 Å². The summed E-state index contributed by atoms with van der Waals surface area (Å²) < 4.78 is 39.4. The normalized spacial score (nSPS) is 35.2. The molecule has 4 unspecified atom stereocenters. The highest BCUT2D eigenvalue weighted by atomic mass is 19.4. The second kappa shape index (κ2) is 6.73. The Bertz CT molecular complexity index is 817. The number of amides is 1. The Morgan fingerprint density at radius 3 is 2.59 bits per heavy atom. The second-order valence-corrected chi connectivity index (χ2v) is 9.62. The lowest BCUT2D eigenvalue weighted by Gasteiger charge is -2.34. The van der Waals surface area contributed by atoms with Gasteiger partial charge in [-0.25, -0.2) is 0 Å². The van der Waals surface area contributed by atoms with Gasteiger partial charge in [-0.3, -0.25) is 4.79 Å². The number of hydrogen-bond acceptors (Lipinski definition) is 2. The maximum absolute atomic E-state index is 13.6. The topological polar surface area (TPSA) is 23.6 Å². The average molecular weight is 406 g/mol. The quantitative estimate of drug-likeness (QED) is 0.679. The van der Waals surface area contributed by atoms with E-state index in [0.717, 1.165) is 37.9 Å². The van der Waals surface area contributed by atoms with Crippen LogP contribution in [-0.2, 0) is 23.9 Å². The van der Waals surface area contributed by atoms with E-state index in [4.69, 9.17) is 0 Å². The molecule has 0 radical (unpaired) electrons. The Morgan fingerprint density at radius 1 is 1.10 bits per heavy atom. The van der Waals surface area contributed by atoms with E-state index in [1.807, 2.05) is 4.90 Å². The third-order valence-corrected chi connectivity index (χ3v) is 8.27. The fraction of sp³-hybridized carbons (Fsp3) is 0.696. The summed E-state index contributed by atoms with van der Waals surface area (Å²) in [5.41, 5.74) is 0.706. The zero-order valence-electron chi connectivity index (χ0n) is 17.0. The van der Waals surface area contributed by atoms with Gasteiger partial charge in [-0.05, 0) is 80.8 Å². The molecule has 1 spiro atoms. The van der Waals surface area contributed by atoms with E-state index in [-0.39, 0.29) is 23.3 Å². The maximum atomic E-state index is 13.6. The van der Waals surface area contributed by atoms with Crippen LogP contribution in [0.2, 0.25) is 0 Å². The minimum atomic E-state index is -4.34. The van der Waals surface area contributed by atoms with Crippen LogP contribution in [-0.4, -0.2) is 40.9 Å². The highest BCUT2D eigenvalue weighted by Gasteiger charge is 2.60. The molecule has 0 N–H and O–H groups in total. The first-order chi connectivity index (χ1) is 13.8. The van der Waals surface area contributed by atoms with E-state index in [0.29, 0.717) is 24.6 Å². The fourth-order valence-corrected chi connectivity index (χ4v) is 6.55. The van der Waals surface area contributed by atoms with Crippen LogP contribution in [0.5, 0.6) is 0 Å². The highest BCUT2D eigenvalue weighted by Crippen LogP contribution is 2.55. The van der Waals surface area contributed by atoms with Crippen LogP contribution in [0.15, 0.2) is 18.2 Å². The summed E-state index contributed by atoms with van der Waals surface area (Å²) in [6, 6.07) is 4.67. The minimum Gasteiger partial charge on any atom is -0.334 e. The van der Waals surface area contributed by atoms with Gasteiger partial charge in [-0.2, -0.15) is 13.2 Å². The first kappa shape index (κ1) is 19.4. The number of hydrogen-bond donors (Lipinski definition) is 0. The molecule has 1 aliphatic carbocycles. The molecular formula is C23H29F3N2O. The third-order valence-electron chi connectivity index (χ3n) is 8.27.